The van der Waals surface area contributed by atoms with Crippen LogP contribution in [-0.2, 0) is 14.3 Å². The highest BCUT2D eigenvalue weighted by atomic mass is 35.5. The third-order valence-corrected chi connectivity index (χ3v) is 4.32. The van der Waals surface area contributed by atoms with E-state index >= 15 is 0 Å². The molecule has 2 aliphatic rings. The summed E-state index contributed by atoms with van der Waals surface area (Å²) in [6, 6.07) is 4.53. The van der Waals surface area contributed by atoms with Crippen molar-refractivity contribution >= 4 is 29.1 Å². The molecule has 0 aromatic heterocycles. The number of carbonyl (C=O) groups excluding carboxylic acids is 2. The van der Waals surface area contributed by atoms with Gasteiger partial charge in [-0.05, 0) is 18.2 Å². The van der Waals surface area contributed by atoms with Crippen LogP contribution >= 0.6 is 11.6 Å². The number of amides is 2. The lowest BCUT2D eigenvalue weighted by molar-refractivity contribution is -0.120. The molecule has 0 bridgehead atoms. The largest absolute Gasteiger partial charge is 0.378 e. The first-order chi connectivity index (χ1) is 11.6. The lowest BCUT2D eigenvalue weighted by Crippen LogP contribution is -2.48. The number of ether oxygens (including phenoxy) is 2. The van der Waals surface area contributed by atoms with Gasteiger partial charge in [0.1, 0.15) is 6.04 Å². The van der Waals surface area contributed by atoms with Gasteiger partial charge in [0, 0.05) is 25.3 Å². The summed E-state index contributed by atoms with van der Waals surface area (Å²) in [7, 11) is 0. The second kappa shape index (κ2) is 7.94. The standard InChI is InChI=1S/C16H20ClN3O4/c17-13-9-11(19-15(21)14-10-24-6-3-18-14)1-2-12(13)16(22)20-4-7-23-8-5-20/h1-2,9,14,18H,3-8,10H2,(H,19,21). The molecule has 2 amide bonds. The summed E-state index contributed by atoms with van der Waals surface area (Å²) < 4.78 is 10.5. The summed E-state index contributed by atoms with van der Waals surface area (Å²) in [6.07, 6.45) is 0. The van der Waals surface area contributed by atoms with E-state index in [1.165, 1.54) is 0 Å². The Kier molecular flexibility index (Phi) is 5.68. The van der Waals surface area contributed by atoms with E-state index in [9.17, 15) is 9.59 Å². The highest BCUT2D eigenvalue weighted by molar-refractivity contribution is 6.34. The van der Waals surface area contributed by atoms with Gasteiger partial charge in [0.05, 0.1) is 37.0 Å². The molecule has 2 fully saturated rings. The van der Waals surface area contributed by atoms with Crippen molar-refractivity contribution in [2.75, 3.05) is 51.4 Å². The number of nitrogens with zero attached hydrogens (tertiary/aromatic N) is 1. The second-order valence-electron chi connectivity index (χ2n) is 5.67. The zero-order chi connectivity index (χ0) is 16.9. The number of halogens is 1. The molecule has 2 heterocycles. The highest BCUT2D eigenvalue weighted by Gasteiger charge is 2.23. The first-order valence-electron chi connectivity index (χ1n) is 7.94. The van der Waals surface area contributed by atoms with Gasteiger partial charge in [0.25, 0.3) is 5.91 Å². The zero-order valence-electron chi connectivity index (χ0n) is 13.2. The van der Waals surface area contributed by atoms with Crippen molar-refractivity contribution < 1.29 is 19.1 Å². The summed E-state index contributed by atoms with van der Waals surface area (Å²) >= 11 is 6.24. The Balaban J connectivity index is 1.65. The van der Waals surface area contributed by atoms with E-state index in [4.69, 9.17) is 21.1 Å². The third-order valence-electron chi connectivity index (χ3n) is 4.00. The fraction of sp³-hybridized carbons (Fsp3) is 0.500. The number of morpholine rings is 2. The predicted octanol–water partition coefficient (Wildman–Crippen LogP) is 0.739. The minimum absolute atomic E-state index is 0.122. The van der Waals surface area contributed by atoms with E-state index in [-0.39, 0.29) is 17.9 Å². The average molecular weight is 354 g/mol. The monoisotopic (exact) mass is 353 g/mol. The molecule has 2 aliphatic heterocycles. The molecule has 2 N–H and O–H groups in total. The molecule has 7 nitrogen and oxygen atoms in total. The van der Waals surface area contributed by atoms with Gasteiger partial charge >= 0.3 is 0 Å². The Morgan fingerprint density at radius 2 is 2.00 bits per heavy atom. The third kappa shape index (κ3) is 4.05. The van der Waals surface area contributed by atoms with E-state index in [2.05, 4.69) is 10.6 Å². The fourth-order valence-electron chi connectivity index (χ4n) is 2.67. The smallest absolute Gasteiger partial charge is 0.255 e. The Labute approximate surface area is 145 Å². The summed E-state index contributed by atoms with van der Waals surface area (Å²) in [4.78, 5) is 26.3. The summed E-state index contributed by atoms with van der Waals surface area (Å²) in [6.45, 7) is 3.77. The molecule has 0 radical (unpaired) electrons. The number of carbonyl (C=O) groups is 2. The minimum Gasteiger partial charge on any atom is -0.378 e. The van der Waals surface area contributed by atoms with Crippen LogP contribution in [0.15, 0.2) is 18.2 Å². The number of benzene rings is 1. The molecule has 3 rings (SSSR count). The van der Waals surface area contributed by atoms with E-state index in [1.807, 2.05) is 0 Å². The molecule has 130 valence electrons. The topological polar surface area (TPSA) is 79.9 Å². The van der Waals surface area contributed by atoms with Crippen LogP contribution in [0.3, 0.4) is 0 Å². The molecule has 1 unspecified atom stereocenters. The van der Waals surface area contributed by atoms with Crippen molar-refractivity contribution in [2.45, 2.75) is 6.04 Å². The molecule has 8 heteroatoms. The molecular weight excluding hydrogens is 334 g/mol. The van der Waals surface area contributed by atoms with Crippen molar-refractivity contribution in [3.8, 4) is 0 Å². The van der Waals surface area contributed by atoms with Crippen LogP contribution in [0.4, 0.5) is 5.69 Å². The summed E-state index contributed by atoms with van der Waals surface area (Å²) in [5, 5.41) is 6.19. The maximum absolute atomic E-state index is 12.5. The fourth-order valence-corrected chi connectivity index (χ4v) is 2.93. The predicted molar refractivity (Wildman–Crippen MR) is 89.4 cm³/mol. The van der Waals surface area contributed by atoms with Crippen LogP contribution in [0.5, 0.6) is 0 Å². The number of nitrogens with one attached hydrogen (secondary N) is 2. The van der Waals surface area contributed by atoms with E-state index in [1.54, 1.807) is 23.1 Å². The van der Waals surface area contributed by atoms with Gasteiger partial charge in [-0.1, -0.05) is 11.6 Å². The van der Waals surface area contributed by atoms with Gasteiger partial charge in [-0.25, -0.2) is 0 Å². The van der Waals surface area contributed by atoms with Gasteiger partial charge < -0.3 is 25.0 Å². The van der Waals surface area contributed by atoms with Gasteiger partial charge in [-0.15, -0.1) is 0 Å². The normalized spacial score (nSPS) is 21.4. The first kappa shape index (κ1) is 17.2. The Bertz CT molecular complexity index is 613. The van der Waals surface area contributed by atoms with Crippen molar-refractivity contribution in [3.63, 3.8) is 0 Å². The molecular formula is C16H20ClN3O4. The van der Waals surface area contributed by atoms with E-state index in [0.717, 1.165) is 0 Å². The Morgan fingerprint density at radius 3 is 2.67 bits per heavy atom. The number of anilines is 1. The van der Waals surface area contributed by atoms with Gasteiger partial charge in [0.2, 0.25) is 5.91 Å². The quantitative estimate of drug-likeness (QED) is 0.838. The van der Waals surface area contributed by atoms with Crippen LogP contribution in [-0.4, -0.2) is 68.8 Å². The number of rotatable bonds is 3. The van der Waals surface area contributed by atoms with Gasteiger partial charge in [-0.3, -0.25) is 9.59 Å². The van der Waals surface area contributed by atoms with Crippen LogP contribution in [0.2, 0.25) is 5.02 Å². The molecule has 0 aliphatic carbocycles. The van der Waals surface area contributed by atoms with Crippen molar-refractivity contribution in [3.05, 3.63) is 28.8 Å². The summed E-state index contributed by atoms with van der Waals surface area (Å²) in [5.74, 6) is -0.304. The summed E-state index contributed by atoms with van der Waals surface area (Å²) in [5.41, 5.74) is 0.978. The van der Waals surface area contributed by atoms with Crippen molar-refractivity contribution in [2.24, 2.45) is 0 Å². The van der Waals surface area contributed by atoms with E-state index < -0.39 is 0 Å². The molecule has 0 saturated carbocycles. The number of hydrogen-bond donors (Lipinski definition) is 2. The molecule has 0 spiro atoms. The van der Waals surface area contributed by atoms with Crippen LogP contribution in [0.25, 0.3) is 0 Å². The van der Waals surface area contributed by atoms with Gasteiger partial charge in [-0.2, -0.15) is 0 Å². The maximum atomic E-state index is 12.5. The van der Waals surface area contributed by atoms with Crippen molar-refractivity contribution in [1.82, 2.24) is 10.2 Å². The maximum Gasteiger partial charge on any atom is 0.255 e. The second-order valence-corrected chi connectivity index (χ2v) is 6.08. The molecule has 1 atom stereocenters. The first-order valence-corrected chi connectivity index (χ1v) is 8.31. The minimum atomic E-state index is -0.382. The lowest BCUT2D eigenvalue weighted by Gasteiger charge is -2.27. The van der Waals surface area contributed by atoms with Crippen molar-refractivity contribution in [1.29, 1.82) is 0 Å². The lowest BCUT2D eigenvalue weighted by atomic mass is 10.1. The molecule has 24 heavy (non-hydrogen) atoms. The highest BCUT2D eigenvalue weighted by Crippen LogP contribution is 2.23. The van der Waals surface area contributed by atoms with E-state index in [0.29, 0.717) is 62.3 Å². The number of hydrogen-bond acceptors (Lipinski definition) is 5. The Hall–Kier alpha value is -1.67. The van der Waals surface area contributed by atoms with Crippen LogP contribution in [0.1, 0.15) is 10.4 Å². The SMILES string of the molecule is O=C(Nc1ccc(C(=O)N2CCOCC2)c(Cl)c1)C1COCCN1. The van der Waals surface area contributed by atoms with Gasteiger partial charge in [0.15, 0.2) is 0 Å². The Morgan fingerprint density at radius 1 is 1.21 bits per heavy atom. The molecule has 1 aromatic carbocycles. The zero-order valence-corrected chi connectivity index (χ0v) is 14.0. The van der Waals surface area contributed by atoms with Crippen LogP contribution < -0.4 is 10.6 Å². The average Bonchev–Trinajstić information content (AvgIpc) is 2.63. The van der Waals surface area contributed by atoms with Crippen LogP contribution in [0, 0.1) is 0 Å². The molecule has 2 saturated heterocycles. The molecule has 1 aromatic rings.